The van der Waals surface area contributed by atoms with E-state index in [2.05, 4.69) is 118 Å². The first-order valence-electron chi connectivity index (χ1n) is 23.5. The molecule has 0 amide bonds. The summed E-state index contributed by atoms with van der Waals surface area (Å²) in [7, 11) is 0. The number of unbranched alkanes of at least 4 members (excludes halogenated alkanes) is 10. The van der Waals surface area contributed by atoms with Crippen molar-refractivity contribution in [3.63, 3.8) is 0 Å². The number of carbonyl (C=O) groups is 3. The average Bonchev–Trinajstić information content (AvgIpc) is 3.24. The Morgan fingerprint density at radius 3 is 1.23 bits per heavy atom. The molecule has 0 heterocycles. The van der Waals surface area contributed by atoms with E-state index in [4.69, 9.17) is 14.2 Å². The van der Waals surface area contributed by atoms with Gasteiger partial charge in [0.2, 0.25) is 0 Å². The molecule has 0 aliphatic carbocycles. The van der Waals surface area contributed by atoms with Crippen molar-refractivity contribution in [3.05, 3.63) is 122 Å². The van der Waals surface area contributed by atoms with Gasteiger partial charge in [-0.3, -0.25) is 14.4 Å². The highest BCUT2D eigenvalue weighted by atomic mass is 16.6. The molecule has 6 heteroatoms. The number of rotatable bonds is 40. The summed E-state index contributed by atoms with van der Waals surface area (Å²) >= 11 is 0. The van der Waals surface area contributed by atoms with Crippen LogP contribution in [-0.2, 0) is 28.6 Å². The number of allylic oxidation sites excluding steroid dienone is 19. The summed E-state index contributed by atoms with van der Waals surface area (Å²) in [5, 5.41) is 0. The molecule has 6 nitrogen and oxygen atoms in total. The first-order chi connectivity index (χ1) is 29.5. The molecule has 0 radical (unpaired) electrons. The predicted octanol–water partition coefficient (Wildman–Crippen LogP) is 15.4. The largest absolute Gasteiger partial charge is 0.462 e. The van der Waals surface area contributed by atoms with Crippen LogP contribution in [0, 0.1) is 0 Å². The Morgan fingerprint density at radius 2 is 0.750 bits per heavy atom. The first kappa shape index (κ1) is 55.8. The summed E-state index contributed by atoms with van der Waals surface area (Å²) in [6, 6.07) is 0. The molecule has 0 aromatic heterocycles. The minimum atomic E-state index is -0.858. The van der Waals surface area contributed by atoms with Crippen molar-refractivity contribution in [1.29, 1.82) is 0 Å². The lowest BCUT2D eigenvalue weighted by molar-refractivity contribution is -0.166. The van der Waals surface area contributed by atoms with E-state index in [1.54, 1.807) is 6.08 Å². The smallest absolute Gasteiger partial charge is 0.309 e. The monoisotopic (exact) mass is 829 g/mol. The molecule has 0 bridgehead atoms. The minimum absolute atomic E-state index is 0.113. The van der Waals surface area contributed by atoms with E-state index in [-0.39, 0.29) is 32.0 Å². The van der Waals surface area contributed by atoms with Crippen LogP contribution in [0.15, 0.2) is 122 Å². The molecule has 0 spiro atoms. The van der Waals surface area contributed by atoms with Crippen molar-refractivity contribution in [3.8, 4) is 0 Å². The molecule has 336 valence electrons. The topological polar surface area (TPSA) is 78.9 Å². The number of hydrogen-bond acceptors (Lipinski definition) is 6. The van der Waals surface area contributed by atoms with Crippen LogP contribution in [0.2, 0.25) is 0 Å². The van der Waals surface area contributed by atoms with Crippen molar-refractivity contribution in [2.45, 2.75) is 187 Å². The van der Waals surface area contributed by atoms with Crippen molar-refractivity contribution < 1.29 is 28.6 Å². The van der Waals surface area contributed by atoms with E-state index in [9.17, 15) is 14.4 Å². The molecule has 0 rings (SSSR count). The standard InChI is InChI=1S/C54H84O6/c1-4-7-10-13-16-19-21-23-25-27-29-30-32-35-38-41-44-47-53(56)59-50-51(49-58-52(55)46-43-40-37-34-18-15-12-9-6-3)60-54(57)48-45-42-39-36-33-31-28-26-24-22-20-17-14-11-8-5-2/h8-9,11-12,16-20,23-26,31,33-34,39-40,42-43,51H,4-7,10,13-15,21-22,27-30,32,35-38,41,44-50H2,1-3H3/b11-8-,12-9-,19-16-,20-17-,25-23-,26-24-,33-31-,34-18-,42-39-,43-40-. The molecule has 0 N–H and O–H groups in total. The number of carbonyl (C=O) groups excluding carboxylic acids is 3. The van der Waals surface area contributed by atoms with Gasteiger partial charge in [-0.1, -0.05) is 187 Å². The lowest BCUT2D eigenvalue weighted by Crippen LogP contribution is -2.30. The SMILES string of the molecule is CC/C=C\C/C=C\C/C=C\C/C=C\C/C=C\CCC(=O)OC(COC(=O)C/C=C\C/C=C\C/C=C\CC)COC(=O)CCCCCCCCC/C=C\C/C=C\CCCCC. The first-order valence-corrected chi connectivity index (χ1v) is 23.5. The summed E-state index contributed by atoms with van der Waals surface area (Å²) in [4.78, 5) is 37.7. The number of esters is 3. The molecule has 1 unspecified atom stereocenters. The Morgan fingerprint density at radius 1 is 0.367 bits per heavy atom. The van der Waals surface area contributed by atoms with E-state index in [1.807, 2.05) is 18.2 Å². The van der Waals surface area contributed by atoms with Gasteiger partial charge in [-0.05, 0) is 96.3 Å². The van der Waals surface area contributed by atoms with Gasteiger partial charge < -0.3 is 14.2 Å². The van der Waals surface area contributed by atoms with Crippen molar-refractivity contribution in [1.82, 2.24) is 0 Å². The van der Waals surface area contributed by atoms with E-state index in [1.165, 1.54) is 51.4 Å². The van der Waals surface area contributed by atoms with Gasteiger partial charge in [-0.15, -0.1) is 0 Å². The van der Waals surface area contributed by atoms with Gasteiger partial charge in [-0.25, -0.2) is 0 Å². The van der Waals surface area contributed by atoms with Gasteiger partial charge in [0.15, 0.2) is 6.10 Å². The van der Waals surface area contributed by atoms with Gasteiger partial charge in [0, 0.05) is 12.8 Å². The molecule has 0 fully saturated rings. The van der Waals surface area contributed by atoms with Gasteiger partial charge in [0.1, 0.15) is 13.2 Å². The van der Waals surface area contributed by atoms with Crippen LogP contribution in [0.3, 0.4) is 0 Å². The van der Waals surface area contributed by atoms with Crippen LogP contribution in [0.1, 0.15) is 181 Å². The highest BCUT2D eigenvalue weighted by Gasteiger charge is 2.19. The third-order valence-electron chi connectivity index (χ3n) is 9.23. The molecule has 0 saturated heterocycles. The second kappa shape index (κ2) is 47.5. The second-order valence-corrected chi connectivity index (χ2v) is 14.9. The number of hydrogen-bond donors (Lipinski definition) is 0. The van der Waals surface area contributed by atoms with Crippen LogP contribution < -0.4 is 0 Å². The van der Waals surface area contributed by atoms with Gasteiger partial charge in [-0.2, -0.15) is 0 Å². The molecular formula is C54H84O6. The summed E-state index contributed by atoms with van der Waals surface area (Å²) in [6.45, 7) is 6.18. The maximum absolute atomic E-state index is 12.7. The molecule has 1 atom stereocenters. The predicted molar refractivity (Wildman–Crippen MR) is 256 cm³/mol. The normalized spacial score (nSPS) is 13.2. The quantitative estimate of drug-likeness (QED) is 0.0265. The molecule has 0 aromatic rings. The maximum atomic E-state index is 12.7. The minimum Gasteiger partial charge on any atom is -0.462 e. The number of ether oxygens (including phenoxy) is 3. The molecular weight excluding hydrogens is 745 g/mol. The fourth-order valence-corrected chi connectivity index (χ4v) is 5.76. The lowest BCUT2D eigenvalue weighted by atomic mass is 10.1. The van der Waals surface area contributed by atoms with Crippen LogP contribution in [0.5, 0.6) is 0 Å². The summed E-state index contributed by atoms with van der Waals surface area (Å²) in [5.74, 6) is -1.18. The molecule has 60 heavy (non-hydrogen) atoms. The Bertz CT molecular complexity index is 1320. The van der Waals surface area contributed by atoms with Crippen molar-refractivity contribution in [2.75, 3.05) is 13.2 Å². The zero-order valence-corrected chi connectivity index (χ0v) is 38.2. The van der Waals surface area contributed by atoms with Crippen LogP contribution in [0.25, 0.3) is 0 Å². The van der Waals surface area contributed by atoms with Gasteiger partial charge >= 0.3 is 17.9 Å². The molecule has 0 aliphatic rings. The van der Waals surface area contributed by atoms with Crippen LogP contribution >= 0.6 is 0 Å². The van der Waals surface area contributed by atoms with E-state index < -0.39 is 18.0 Å². The zero-order valence-electron chi connectivity index (χ0n) is 38.2. The Balaban J connectivity index is 4.54. The van der Waals surface area contributed by atoms with E-state index in [0.29, 0.717) is 12.8 Å². The molecule has 0 aliphatic heterocycles. The fourth-order valence-electron chi connectivity index (χ4n) is 5.76. The zero-order chi connectivity index (χ0) is 43.7. The summed E-state index contributed by atoms with van der Waals surface area (Å²) < 4.78 is 16.5. The highest BCUT2D eigenvalue weighted by Crippen LogP contribution is 2.12. The summed E-state index contributed by atoms with van der Waals surface area (Å²) in [5.41, 5.74) is 0. The molecule has 0 aromatic carbocycles. The lowest BCUT2D eigenvalue weighted by Gasteiger charge is -2.18. The Labute approximate surface area is 367 Å². The highest BCUT2D eigenvalue weighted by molar-refractivity contribution is 5.72. The Hall–Kier alpha value is -4.19. The average molecular weight is 829 g/mol. The van der Waals surface area contributed by atoms with Crippen LogP contribution in [-0.4, -0.2) is 37.2 Å². The Kier molecular flexibility index (Phi) is 44.2. The maximum Gasteiger partial charge on any atom is 0.309 e. The molecule has 0 saturated carbocycles. The van der Waals surface area contributed by atoms with E-state index >= 15 is 0 Å². The van der Waals surface area contributed by atoms with Gasteiger partial charge in [0.05, 0.1) is 6.42 Å². The summed E-state index contributed by atoms with van der Waals surface area (Å²) in [6.07, 6.45) is 65.1. The van der Waals surface area contributed by atoms with Gasteiger partial charge in [0.25, 0.3) is 0 Å². The third kappa shape index (κ3) is 44.9. The van der Waals surface area contributed by atoms with Crippen LogP contribution in [0.4, 0.5) is 0 Å². The van der Waals surface area contributed by atoms with Crippen molar-refractivity contribution in [2.24, 2.45) is 0 Å². The van der Waals surface area contributed by atoms with Crippen molar-refractivity contribution >= 4 is 17.9 Å². The van der Waals surface area contributed by atoms with E-state index in [0.717, 1.165) is 83.5 Å². The fraction of sp³-hybridized carbons (Fsp3) is 0.574. The second-order valence-electron chi connectivity index (χ2n) is 14.9. The third-order valence-corrected chi connectivity index (χ3v) is 9.23.